The van der Waals surface area contributed by atoms with Gasteiger partial charge in [-0.15, -0.1) is 0 Å². The summed E-state index contributed by atoms with van der Waals surface area (Å²) in [7, 11) is 0. The molecule has 4 nitrogen and oxygen atoms in total. The highest BCUT2D eigenvalue weighted by molar-refractivity contribution is 6.30. The molecule has 0 radical (unpaired) electrons. The van der Waals surface area contributed by atoms with Crippen LogP contribution in [0.25, 0.3) is 0 Å². The minimum absolute atomic E-state index is 0.163. The summed E-state index contributed by atoms with van der Waals surface area (Å²) in [6.07, 6.45) is 0. The molecule has 3 N–H and O–H groups in total. The highest BCUT2D eigenvalue weighted by Crippen LogP contribution is 2.25. The van der Waals surface area contributed by atoms with Crippen molar-refractivity contribution in [1.29, 1.82) is 0 Å². The van der Waals surface area contributed by atoms with Crippen LogP contribution >= 0.6 is 11.6 Å². The van der Waals surface area contributed by atoms with Crippen LogP contribution in [0.15, 0.2) is 48.5 Å². The fourth-order valence-electron chi connectivity index (χ4n) is 1.99. The maximum Gasteiger partial charge on any atom is 0.124 e. The fourth-order valence-corrected chi connectivity index (χ4v) is 2.12. The summed E-state index contributed by atoms with van der Waals surface area (Å²) in [6.45, 7) is 2.94. The van der Waals surface area contributed by atoms with Gasteiger partial charge in [0.15, 0.2) is 0 Å². The molecule has 0 bridgehead atoms. The Hall–Kier alpha value is -1.75. The van der Waals surface area contributed by atoms with Gasteiger partial charge >= 0.3 is 0 Å². The molecular formula is C16H19ClN2O2. The van der Waals surface area contributed by atoms with E-state index in [9.17, 15) is 0 Å². The minimum Gasteiger partial charge on any atom is -0.494 e. The molecule has 0 saturated heterocycles. The first kappa shape index (κ1) is 15.6. The minimum atomic E-state index is -0.163. The molecule has 0 aliphatic rings. The summed E-state index contributed by atoms with van der Waals surface area (Å²) >= 11 is 5.85. The highest BCUT2D eigenvalue weighted by Gasteiger charge is 2.15. The van der Waals surface area contributed by atoms with Crippen LogP contribution in [0.2, 0.25) is 5.02 Å². The van der Waals surface area contributed by atoms with E-state index in [0.29, 0.717) is 18.2 Å². The number of benzene rings is 2. The summed E-state index contributed by atoms with van der Waals surface area (Å²) in [6, 6.07) is 14.8. The van der Waals surface area contributed by atoms with Gasteiger partial charge in [0.2, 0.25) is 0 Å². The molecule has 0 aromatic heterocycles. The lowest BCUT2D eigenvalue weighted by Crippen LogP contribution is -2.32. The van der Waals surface area contributed by atoms with Crippen molar-refractivity contribution in [1.82, 2.24) is 5.43 Å². The first-order valence-corrected chi connectivity index (χ1v) is 7.18. The van der Waals surface area contributed by atoms with Crippen molar-refractivity contribution in [2.75, 3.05) is 13.2 Å². The predicted octanol–water partition coefficient (Wildman–Crippen LogP) is 3.32. The smallest absolute Gasteiger partial charge is 0.124 e. The first-order valence-electron chi connectivity index (χ1n) is 6.80. The molecule has 5 heteroatoms. The van der Waals surface area contributed by atoms with E-state index in [1.807, 2.05) is 43.3 Å². The SMILES string of the molecule is CCOc1ccccc1C(COc1ccc(Cl)cc1)NN. The summed E-state index contributed by atoms with van der Waals surface area (Å²) in [5.74, 6) is 7.20. The molecule has 0 heterocycles. The van der Waals surface area contributed by atoms with Crippen molar-refractivity contribution < 1.29 is 9.47 Å². The van der Waals surface area contributed by atoms with Crippen LogP contribution in [0.3, 0.4) is 0 Å². The lowest BCUT2D eigenvalue weighted by molar-refractivity contribution is 0.260. The molecule has 0 aliphatic carbocycles. The van der Waals surface area contributed by atoms with E-state index in [-0.39, 0.29) is 6.04 Å². The molecule has 1 atom stereocenters. The number of ether oxygens (including phenoxy) is 2. The molecule has 1 unspecified atom stereocenters. The van der Waals surface area contributed by atoms with Crippen LogP contribution in [0, 0.1) is 0 Å². The molecule has 21 heavy (non-hydrogen) atoms. The second kappa shape index (κ2) is 7.88. The zero-order chi connectivity index (χ0) is 15.1. The summed E-state index contributed by atoms with van der Waals surface area (Å²) in [5.41, 5.74) is 3.74. The van der Waals surface area contributed by atoms with E-state index in [1.165, 1.54) is 0 Å². The molecule has 0 saturated carbocycles. The van der Waals surface area contributed by atoms with Crippen LogP contribution in [-0.4, -0.2) is 13.2 Å². The number of rotatable bonds is 7. The summed E-state index contributed by atoms with van der Waals surface area (Å²) in [5, 5.41) is 0.678. The first-order chi connectivity index (χ1) is 10.2. The topological polar surface area (TPSA) is 56.5 Å². The molecule has 2 aromatic rings. The Kier molecular flexibility index (Phi) is 5.87. The van der Waals surface area contributed by atoms with Crippen molar-refractivity contribution in [3.63, 3.8) is 0 Å². The average molecular weight is 307 g/mol. The van der Waals surface area contributed by atoms with Crippen molar-refractivity contribution in [3.05, 3.63) is 59.1 Å². The number of para-hydroxylation sites is 1. The van der Waals surface area contributed by atoms with Gasteiger partial charge in [-0.3, -0.25) is 5.84 Å². The van der Waals surface area contributed by atoms with Crippen LogP contribution in [0.1, 0.15) is 18.5 Å². The molecule has 0 aliphatic heterocycles. The Balaban J connectivity index is 2.07. The van der Waals surface area contributed by atoms with E-state index in [4.69, 9.17) is 26.9 Å². The monoisotopic (exact) mass is 306 g/mol. The zero-order valence-corrected chi connectivity index (χ0v) is 12.6. The summed E-state index contributed by atoms with van der Waals surface area (Å²) < 4.78 is 11.4. The van der Waals surface area contributed by atoms with Gasteiger partial charge in [0.05, 0.1) is 12.6 Å². The molecule has 0 spiro atoms. The summed E-state index contributed by atoms with van der Waals surface area (Å²) in [4.78, 5) is 0. The van der Waals surface area contributed by atoms with Crippen molar-refractivity contribution in [2.45, 2.75) is 13.0 Å². The van der Waals surface area contributed by atoms with E-state index in [0.717, 1.165) is 17.1 Å². The van der Waals surface area contributed by atoms with Gasteiger partial charge in [0, 0.05) is 10.6 Å². The van der Waals surface area contributed by atoms with Gasteiger partial charge in [-0.2, -0.15) is 0 Å². The third-order valence-corrected chi connectivity index (χ3v) is 3.28. The van der Waals surface area contributed by atoms with Gasteiger partial charge in [-0.1, -0.05) is 29.8 Å². The van der Waals surface area contributed by atoms with Crippen LogP contribution in [0.5, 0.6) is 11.5 Å². The third-order valence-electron chi connectivity index (χ3n) is 3.03. The number of nitrogens with one attached hydrogen (secondary N) is 1. The largest absolute Gasteiger partial charge is 0.494 e. The third kappa shape index (κ3) is 4.36. The Morgan fingerprint density at radius 1 is 1.10 bits per heavy atom. The number of hydrogen-bond donors (Lipinski definition) is 2. The lowest BCUT2D eigenvalue weighted by atomic mass is 10.1. The van der Waals surface area contributed by atoms with E-state index < -0.39 is 0 Å². The molecule has 0 amide bonds. The number of nitrogens with two attached hydrogens (primary N) is 1. The zero-order valence-electron chi connectivity index (χ0n) is 11.9. The molecule has 0 fully saturated rings. The number of halogens is 1. The van der Waals surface area contributed by atoms with Gasteiger partial charge in [0.1, 0.15) is 18.1 Å². The lowest BCUT2D eigenvalue weighted by Gasteiger charge is -2.20. The maximum absolute atomic E-state index is 5.85. The Morgan fingerprint density at radius 3 is 2.48 bits per heavy atom. The van der Waals surface area contributed by atoms with Gasteiger partial charge < -0.3 is 9.47 Å². The number of hydrazine groups is 1. The molecule has 112 valence electrons. The Bertz CT molecular complexity index is 560. The second-order valence-corrected chi connectivity index (χ2v) is 4.89. The number of hydrogen-bond acceptors (Lipinski definition) is 4. The molecular weight excluding hydrogens is 288 g/mol. The quantitative estimate of drug-likeness (QED) is 0.608. The Morgan fingerprint density at radius 2 is 1.81 bits per heavy atom. The van der Waals surface area contributed by atoms with Gasteiger partial charge in [-0.25, -0.2) is 5.43 Å². The van der Waals surface area contributed by atoms with E-state index in [1.54, 1.807) is 12.1 Å². The van der Waals surface area contributed by atoms with Crippen LogP contribution in [-0.2, 0) is 0 Å². The van der Waals surface area contributed by atoms with E-state index in [2.05, 4.69) is 5.43 Å². The Labute approximate surface area is 129 Å². The highest BCUT2D eigenvalue weighted by atomic mass is 35.5. The van der Waals surface area contributed by atoms with E-state index >= 15 is 0 Å². The van der Waals surface area contributed by atoms with Crippen molar-refractivity contribution >= 4 is 11.6 Å². The predicted molar refractivity (Wildman–Crippen MR) is 84.6 cm³/mol. The normalized spacial score (nSPS) is 12.0. The van der Waals surface area contributed by atoms with Gasteiger partial charge in [-0.05, 0) is 37.3 Å². The van der Waals surface area contributed by atoms with Crippen LogP contribution < -0.4 is 20.7 Å². The fraction of sp³-hybridized carbons (Fsp3) is 0.250. The molecule has 2 aromatic carbocycles. The van der Waals surface area contributed by atoms with Crippen molar-refractivity contribution in [2.24, 2.45) is 5.84 Å². The maximum atomic E-state index is 5.85. The molecule has 2 rings (SSSR count). The second-order valence-electron chi connectivity index (χ2n) is 4.46. The van der Waals surface area contributed by atoms with Crippen LogP contribution in [0.4, 0.5) is 0 Å². The van der Waals surface area contributed by atoms with Crippen molar-refractivity contribution in [3.8, 4) is 11.5 Å². The van der Waals surface area contributed by atoms with Gasteiger partial charge in [0.25, 0.3) is 0 Å². The average Bonchev–Trinajstić information content (AvgIpc) is 2.51. The standard InChI is InChI=1S/C16H19ClN2O2/c1-2-20-16-6-4-3-5-14(16)15(19-18)11-21-13-9-7-12(17)8-10-13/h3-10,15,19H,2,11,18H2,1H3.